The first-order chi connectivity index (χ1) is 5.77. The lowest BCUT2D eigenvalue weighted by Gasteiger charge is -2.08. The van der Waals surface area contributed by atoms with Gasteiger partial charge in [-0.2, -0.15) is 0 Å². The minimum Gasteiger partial charge on any atom is -0.466 e. The number of carbonyl (C=O) groups excluding carboxylic acids is 1. The lowest BCUT2D eigenvalue weighted by Crippen LogP contribution is -2.16. The fourth-order valence-electron chi connectivity index (χ4n) is 1.76. The van der Waals surface area contributed by atoms with E-state index < -0.39 is 0 Å². The Bertz CT molecular complexity index is 159. The predicted octanol–water partition coefficient (Wildman–Crippen LogP) is 0.924. The van der Waals surface area contributed by atoms with Crippen LogP contribution in [-0.2, 0) is 9.53 Å². The van der Waals surface area contributed by atoms with E-state index in [1.165, 1.54) is 0 Å². The van der Waals surface area contributed by atoms with Crippen LogP contribution in [0, 0.1) is 11.8 Å². The second kappa shape index (κ2) is 4.45. The lowest BCUT2D eigenvalue weighted by atomic mass is 10.1. The van der Waals surface area contributed by atoms with E-state index in [1.54, 1.807) is 0 Å². The van der Waals surface area contributed by atoms with Gasteiger partial charge in [0.15, 0.2) is 0 Å². The van der Waals surface area contributed by atoms with E-state index in [4.69, 9.17) is 10.5 Å². The van der Waals surface area contributed by atoms with Crippen LogP contribution in [0.1, 0.15) is 26.2 Å². The third-order valence-corrected chi connectivity index (χ3v) is 2.49. The summed E-state index contributed by atoms with van der Waals surface area (Å²) in [6, 6.07) is 0. The summed E-state index contributed by atoms with van der Waals surface area (Å²) < 4.78 is 4.94. The van der Waals surface area contributed by atoms with E-state index in [2.05, 4.69) is 0 Å². The summed E-state index contributed by atoms with van der Waals surface area (Å²) in [6.45, 7) is 3.03. The van der Waals surface area contributed by atoms with E-state index in [1.807, 2.05) is 6.92 Å². The second-order valence-electron chi connectivity index (χ2n) is 3.36. The van der Waals surface area contributed by atoms with Crippen LogP contribution in [0.15, 0.2) is 0 Å². The summed E-state index contributed by atoms with van der Waals surface area (Å²) in [5, 5.41) is 0. The van der Waals surface area contributed by atoms with Crippen LogP contribution in [0.4, 0.5) is 0 Å². The predicted molar refractivity (Wildman–Crippen MR) is 46.5 cm³/mol. The standard InChI is InChI=1S/C9H17NO2/c1-2-12-9(11)8-4-3-7(5-8)6-10/h7-8H,2-6,10H2,1H3. The summed E-state index contributed by atoms with van der Waals surface area (Å²) >= 11 is 0. The average molecular weight is 171 g/mol. The van der Waals surface area contributed by atoms with E-state index in [0.29, 0.717) is 19.1 Å². The molecule has 0 aliphatic heterocycles. The van der Waals surface area contributed by atoms with Crippen molar-refractivity contribution in [1.29, 1.82) is 0 Å². The van der Waals surface area contributed by atoms with Crippen molar-refractivity contribution in [3.63, 3.8) is 0 Å². The van der Waals surface area contributed by atoms with Crippen LogP contribution >= 0.6 is 0 Å². The molecule has 0 bridgehead atoms. The molecule has 0 saturated heterocycles. The Morgan fingerprint density at radius 3 is 2.83 bits per heavy atom. The largest absolute Gasteiger partial charge is 0.466 e. The number of hydrogen-bond acceptors (Lipinski definition) is 3. The van der Waals surface area contributed by atoms with Crippen molar-refractivity contribution in [3.8, 4) is 0 Å². The van der Waals surface area contributed by atoms with Crippen molar-refractivity contribution in [1.82, 2.24) is 0 Å². The minimum absolute atomic E-state index is 0.0338. The maximum atomic E-state index is 11.2. The molecule has 1 fully saturated rings. The maximum Gasteiger partial charge on any atom is 0.308 e. The number of ether oxygens (including phenoxy) is 1. The van der Waals surface area contributed by atoms with Crippen LogP contribution < -0.4 is 5.73 Å². The molecule has 1 aliphatic rings. The lowest BCUT2D eigenvalue weighted by molar-refractivity contribution is -0.147. The van der Waals surface area contributed by atoms with Gasteiger partial charge in [-0.1, -0.05) is 0 Å². The van der Waals surface area contributed by atoms with Crippen LogP contribution in [0.2, 0.25) is 0 Å². The zero-order chi connectivity index (χ0) is 8.97. The van der Waals surface area contributed by atoms with E-state index in [0.717, 1.165) is 19.3 Å². The van der Waals surface area contributed by atoms with E-state index >= 15 is 0 Å². The fourth-order valence-corrected chi connectivity index (χ4v) is 1.76. The zero-order valence-electron chi connectivity index (χ0n) is 7.58. The topological polar surface area (TPSA) is 52.3 Å². The first-order valence-corrected chi connectivity index (χ1v) is 4.64. The van der Waals surface area contributed by atoms with Gasteiger partial charge in [0.2, 0.25) is 0 Å². The molecule has 3 heteroatoms. The summed E-state index contributed by atoms with van der Waals surface area (Å²) in [5.41, 5.74) is 5.52. The van der Waals surface area contributed by atoms with Gasteiger partial charge in [0, 0.05) is 0 Å². The smallest absolute Gasteiger partial charge is 0.308 e. The number of carbonyl (C=O) groups is 1. The molecule has 0 spiro atoms. The highest BCUT2D eigenvalue weighted by Crippen LogP contribution is 2.30. The Morgan fingerprint density at radius 2 is 2.33 bits per heavy atom. The SMILES string of the molecule is CCOC(=O)C1CCC(CN)C1. The molecule has 3 nitrogen and oxygen atoms in total. The molecular formula is C9H17NO2. The van der Waals surface area contributed by atoms with Gasteiger partial charge in [0.05, 0.1) is 12.5 Å². The van der Waals surface area contributed by atoms with Gasteiger partial charge >= 0.3 is 5.97 Å². The fraction of sp³-hybridized carbons (Fsp3) is 0.889. The van der Waals surface area contributed by atoms with Crippen molar-refractivity contribution in [2.45, 2.75) is 26.2 Å². The number of hydrogen-bond donors (Lipinski definition) is 1. The molecule has 1 rings (SSSR count). The highest BCUT2D eigenvalue weighted by molar-refractivity contribution is 5.72. The molecule has 2 atom stereocenters. The molecule has 0 aromatic rings. The van der Waals surface area contributed by atoms with Gasteiger partial charge < -0.3 is 10.5 Å². The summed E-state index contributed by atoms with van der Waals surface area (Å²) in [7, 11) is 0. The highest BCUT2D eigenvalue weighted by Gasteiger charge is 2.29. The molecule has 70 valence electrons. The quantitative estimate of drug-likeness (QED) is 0.642. The number of nitrogens with two attached hydrogens (primary N) is 1. The van der Waals surface area contributed by atoms with Crippen molar-refractivity contribution in [2.24, 2.45) is 17.6 Å². The normalized spacial score (nSPS) is 28.8. The monoisotopic (exact) mass is 171 g/mol. The zero-order valence-corrected chi connectivity index (χ0v) is 7.58. The van der Waals surface area contributed by atoms with Crippen molar-refractivity contribution in [3.05, 3.63) is 0 Å². The molecule has 0 amide bonds. The second-order valence-corrected chi connectivity index (χ2v) is 3.36. The Labute approximate surface area is 73.3 Å². The van der Waals surface area contributed by atoms with Crippen LogP contribution in [0.3, 0.4) is 0 Å². The van der Waals surface area contributed by atoms with Crippen LogP contribution in [0.5, 0.6) is 0 Å². The van der Waals surface area contributed by atoms with Gasteiger partial charge in [-0.05, 0) is 38.6 Å². The summed E-state index contributed by atoms with van der Waals surface area (Å²) in [6.07, 6.45) is 2.97. The van der Waals surface area contributed by atoms with Gasteiger partial charge in [-0.3, -0.25) is 4.79 Å². The molecule has 0 aromatic heterocycles. The third-order valence-electron chi connectivity index (χ3n) is 2.49. The molecule has 2 N–H and O–H groups in total. The van der Waals surface area contributed by atoms with Crippen molar-refractivity contribution in [2.75, 3.05) is 13.2 Å². The number of esters is 1. The molecule has 1 saturated carbocycles. The summed E-state index contributed by atoms with van der Waals surface area (Å²) in [5.74, 6) is 0.631. The van der Waals surface area contributed by atoms with Crippen LogP contribution in [-0.4, -0.2) is 19.1 Å². The molecule has 2 unspecified atom stereocenters. The van der Waals surface area contributed by atoms with Gasteiger partial charge in [0.25, 0.3) is 0 Å². The minimum atomic E-state index is -0.0338. The van der Waals surface area contributed by atoms with E-state index in [-0.39, 0.29) is 11.9 Å². The Morgan fingerprint density at radius 1 is 1.58 bits per heavy atom. The Kier molecular flexibility index (Phi) is 3.53. The maximum absolute atomic E-state index is 11.2. The molecule has 0 radical (unpaired) electrons. The average Bonchev–Trinajstić information content (AvgIpc) is 2.52. The molecule has 0 aromatic carbocycles. The first-order valence-electron chi connectivity index (χ1n) is 4.64. The van der Waals surface area contributed by atoms with Gasteiger partial charge in [-0.25, -0.2) is 0 Å². The first kappa shape index (κ1) is 9.52. The highest BCUT2D eigenvalue weighted by atomic mass is 16.5. The van der Waals surface area contributed by atoms with Crippen molar-refractivity contribution >= 4 is 5.97 Å². The number of rotatable bonds is 3. The molecule has 1 aliphatic carbocycles. The van der Waals surface area contributed by atoms with E-state index in [9.17, 15) is 4.79 Å². The van der Waals surface area contributed by atoms with Crippen molar-refractivity contribution < 1.29 is 9.53 Å². The van der Waals surface area contributed by atoms with Crippen LogP contribution in [0.25, 0.3) is 0 Å². The Hall–Kier alpha value is -0.570. The third kappa shape index (κ3) is 2.21. The molecule has 12 heavy (non-hydrogen) atoms. The van der Waals surface area contributed by atoms with Gasteiger partial charge in [-0.15, -0.1) is 0 Å². The molecule has 0 heterocycles. The van der Waals surface area contributed by atoms with Gasteiger partial charge in [0.1, 0.15) is 0 Å². The molecular weight excluding hydrogens is 154 g/mol. The summed E-state index contributed by atoms with van der Waals surface area (Å²) in [4.78, 5) is 11.2. The Balaban J connectivity index is 2.31.